The molecule has 25 heavy (non-hydrogen) atoms. The fourth-order valence-corrected chi connectivity index (χ4v) is 2.74. The first-order chi connectivity index (χ1) is 12.1. The maximum absolute atomic E-state index is 12.0. The molecule has 130 valence electrons. The normalized spacial score (nSPS) is 13.7. The van der Waals surface area contributed by atoms with Gasteiger partial charge in [0.05, 0.1) is 23.4 Å². The van der Waals surface area contributed by atoms with Gasteiger partial charge in [-0.25, -0.2) is 4.79 Å². The van der Waals surface area contributed by atoms with Crippen molar-refractivity contribution in [1.82, 2.24) is 0 Å². The van der Waals surface area contributed by atoms with Gasteiger partial charge in [0.25, 0.3) is 0 Å². The number of ether oxygens (including phenoxy) is 1. The third kappa shape index (κ3) is 4.12. The van der Waals surface area contributed by atoms with E-state index in [9.17, 15) is 9.59 Å². The Hall–Kier alpha value is -2.53. The summed E-state index contributed by atoms with van der Waals surface area (Å²) in [6.07, 6.45) is 3.08. The van der Waals surface area contributed by atoms with Crippen LogP contribution in [0.1, 0.15) is 29.6 Å². The molecule has 6 heteroatoms. The van der Waals surface area contributed by atoms with Gasteiger partial charge < -0.3 is 15.4 Å². The van der Waals surface area contributed by atoms with Crippen molar-refractivity contribution >= 4 is 40.5 Å². The Kier molecular flexibility index (Phi) is 5.24. The summed E-state index contributed by atoms with van der Waals surface area (Å²) in [7, 11) is 1.33. The summed E-state index contributed by atoms with van der Waals surface area (Å²) in [4.78, 5) is 23.6. The maximum Gasteiger partial charge on any atom is 0.337 e. The lowest BCUT2D eigenvalue weighted by Crippen LogP contribution is -2.27. The molecule has 0 spiro atoms. The zero-order valence-corrected chi connectivity index (χ0v) is 14.6. The highest BCUT2D eigenvalue weighted by Gasteiger charge is 2.25. The zero-order chi connectivity index (χ0) is 17.8. The van der Waals surface area contributed by atoms with Gasteiger partial charge in [-0.2, -0.15) is 0 Å². The number of halogens is 1. The standard InChI is InChI=1S/C19H19ClN2O3/c1-25-19(24)13-5-10-16(20)17(11-13)21-14-6-8-15(9-7-14)22-18(23)12-3-2-4-12/h5-12,21H,2-4H2,1H3,(H,22,23). The number of anilines is 3. The van der Waals surface area contributed by atoms with Crippen LogP contribution in [0, 0.1) is 5.92 Å². The molecule has 1 aliphatic carbocycles. The van der Waals surface area contributed by atoms with Crippen molar-refractivity contribution in [3.63, 3.8) is 0 Å². The lowest BCUT2D eigenvalue weighted by molar-refractivity contribution is -0.122. The van der Waals surface area contributed by atoms with Crippen molar-refractivity contribution in [3.8, 4) is 0 Å². The van der Waals surface area contributed by atoms with Crippen molar-refractivity contribution in [2.75, 3.05) is 17.7 Å². The van der Waals surface area contributed by atoms with E-state index in [0.29, 0.717) is 16.3 Å². The fourth-order valence-electron chi connectivity index (χ4n) is 2.57. The second-order valence-electron chi connectivity index (χ2n) is 6.01. The first-order valence-electron chi connectivity index (χ1n) is 8.12. The molecule has 0 radical (unpaired) electrons. The van der Waals surface area contributed by atoms with Crippen LogP contribution in [0.25, 0.3) is 0 Å². The Bertz CT molecular complexity index is 786. The molecule has 1 fully saturated rings. The van der Waals surface area contributed by atoms with Crippen LogP contribution in [-0.4, -0.2) is 19.0 Å². The Balaban J connectivity index is 1.68. The predicted molar refractivity (Wildman–Crippen MR) is 98.5 cm³/mol. The van der Waals surface area contributed by atoms with Gasteiger partial charge in [-0.15, -0.1) is 0 Å². The number of carbonyl (C=O) groups is 2. The molecule has 0 bridgehead atoms. The van der Waals surface area contributed by atoms with Crippen LogP contribution in [0.3, 0.4) is 0 Å². The molecule has 1 saturated carbocycles. The number of benzene rings is 2. The molecule has 0 aromatic heterocycles. The van der Waals surface area contributed by atoms with Crippen LogP contribution in [-0.2, 0) is 9.53 Å². The zero-order valence-electron chi connectivity index (χ0n) is 13.8. The summed E-state index contributed by atoms with van der Waals surface area (Å²) in [5, 5.41) is 6.58. The average molecular weight is 359 g/mol. The topological polar surface area (TPSA) is 67.4 Å². The van der Waals surface area contributed by atoms with Crippen LogP contribution in [0.4, 0.5) is 17.1 Å². The van der Waals surface area contributed by atoms with E-state index in [2.05, 4.69) is 10.6 Å². The number of nitrogens with one attached hydrogen (secondary N) is 2. The van der Waals surface area contributed by atoms with Gasteiger partial charge in [-0.05, 0) is 55.3 Å². The molecular formula is C19H19ClN2O3. The van der Waals surface area contributed by atoms with Crippen molar-refractivity contribution in [2.45, 2.75) is 19.3 Å². The third-order valence-electron chi connectivity index (χ3n) is 4.29. The molecule has 0 heterocycles. The summed E-state index contributed by atoms with van der Waals surface area (Å²) in [5.74, 6) is -0.188. The number of esters is 1. The van der Waals surface area contributed by atoms with Crippen LogP contribution in [0.2, 0.25) is 5.02 Å². The Morgan fingerprint density at radius 1 is 1.08 bits per heavy atom. The minimum absolute atomic E-state index is 0.0841. The number of hydrogen-bond acceptors (Lipinski definition) is 4. The Morgan fingerprint density at radius 2 is 1.76 bits per heavy atom. The van der Waals surface area contributed by atoms with Crippen LogP contribution < -0.4 is 10.6 Å². The van der Waals surface area contributed by atoms with Gasteiger partial charge in [-0.1, -0.05) is 18.0 Å². The highest BCUT2D eigenvalue weighted by Crippen LogP contribution is 2.29. The van der Waals surface area contributed by atoms with Crippen LogP contribution in [0.5, 0.6) is 0 Å². The molecular weight excluding hydrogens is 340 g/mol. The van der Waals surface area contributed by atoms with E-state index in [0.717, 1.165) is 30.6 Å². The molecule has 2 aromatic carbocycles. The van der Waals surface area contributed by atoms with E-state index in [4.69, 9.17) is 16.3 Å². The number of amides is 1. The van der Waals surface area contributed by atoms with Gasteiger partial charge in [0, 0.05) is 17.3 Å². The van der Waals surface area contributed by atoms with E-state index < -0.39 is 5.97 Å². The lowest BCUT2D eigenvalue weighted by atomic mass is 9.85. The molecule has 1 aliphatic rings. The number of rotatable bonds is 5. The smallest absolute Gasteiger partial charge is 0.337 e. The minimum Gasteiger partial charge on any atom is -0.465 e. The second-order valence-corrected chi connectivity index (χ2v) is 6.41. The van der Waals surface area contributed by atoms with Crippen molar-refractivity contribution in [3.05, 3.63) is 53.1 Å². The van der Waals surface area contributed by atoms with Gasteiger partial charge in [-0.3, -0.25) is 4.79 Å². The molecule has 0 unspecified atom stereocenters. The summed E-state index contributed by atoms with van der Waals surface area (Å²) in [5.41, 5.74) is 2.58. The molecule has 3 rings (SSSR count). The van der Waals surface area contributed by atoms with E-state index in [1.165, 1.54) is 7.11 Å². The van der Waals surface area contributed by atoms with Crippen LogP contribution >= 0.6 is 11.6 Å². The van der Waals surface area contributed by atoms with E-state index in [-0.39, 0.29) is 11.8 Å². The van der Waals surface area contributed by atoms with Gasteiger partial charge in [0.15, 0.2) is 0 Å². The first-order valence-corrected chi connectivity index (χ1v) is 8.50. The first kappa shape index (κ1) is 17.3. The molecule has 0 saturated heterocycles. The summed E-state index contributed by atoms with van der Waals surface area (Å²) >= 11 is 6.18. The van der Waals surface area contributed by atoms with Crippen molar-refractivity contribution in [2.24, 2.45) is 5.92 Å². The maximum atomic E-state index is 12.0. The SMILES string of the molecule is COC(=O)c1ccc(Cl)c(Nc2ccc(NC(=O)C3CCC3)cc2)c1. The van der Waals surface area contributed by atoms with E-state index >= 15 is 0 Å². The van der Waals surface area contributed by atoms with Gasteiger partial charge >= 0.3 is 5.97 Å². The quantitative estimate of drug-likeness (QED) is 0.766. The monoisotopic (exact) mass is 358 g/mol. The number of hydrogen-bond donors (Lipinski definition) is 2. The summed E-state index contributed by atoms with van der Waals surface area (Å²) in [6.45, 7) is 0. The second kappa shape index (κ2) is 7.57. The average Bonchev–Trinajstić information content (AvgIpc) is 2.56. The van der Waals surface area contributed by atoms with Crippen molar-refractivity contribution < 1.29 is 14.3 Å². The Morgan fingerprint density at radius 3 is 2.36 bits per heavy atom. The van der Waals surface area contributed by atoms with Gasteiger partial charge in [0.2, 0.25) is 5.91 Å². The summed E-state index contributed by atoms with van der Waals surface area (Å²) < 4.78 is 4.72. The molecule has 0 aliphatic heterocycles. The Labute approximate surface area is 151 Å². The summed E-state index contributed by atoms with van der Waals surface area (Å²) in [6, 6.07) is 12.2. The fraction of sp³-hybridized carbons (Fsp3) is 0.263. The highest BCUT2D eigenvalue weighted by atomic mass is 35.5. The third-order valence-corrected chi connectivity index (χ3v) is 4.62. The minimum atomic E-state index is -0.422. The molecule has 2 aromatic rings. The van der Waals surface area contributed by atoms with E-state index in [1.54, 1.807) is 18.2 Å². The van der Waals surface area contributed by atoms with Crippen molar-refractivity contribution in [1.29, 1.82) is 0 Å². The number of methoxy groups -OCH3 is 1. The van der Waals surface area contributed by atoms with Gasteiger partial charge in [0.1, 0.15) is 0 Å². The van der Waals surface area contributed by atoms with Crippen LogP contribution in [0.15, 0.2) is 42.5 Å². The molecule has 5 nitrogen and oxygen atoms in total. The molecule has 0 atom stereocenters. The lowest BCUT2D eigenvalue weighted by Gasteiger charge is -2.24. The predicted octanol–water partition coefficient (Wildman–Crippen LogP) is 4.61. The van der Waals surface area contributed by atoms with E-state index in [1.807, 2.05) is 24.3 Å². The molecule has 2 N–H and O–H groups in total. The molecule has 1 amide bonds. The largest absolute Gasteiger partial charge is 0.465 e. The number of carbonyl (C=O) groups excluding carboxylic acids is 2. The highest BCUT2D eigenvalue weighted by molar-refractivity contribution is 6.33.